The summed E-state index contributed by atoms with van der Waals surface area (Å²) in [6.45, 7) is 1.11. The van der Waals surface area contributed by atoms with Gasteiger partial charge in [-0.25, -0.2) is 9.97 Å². The van der Waals surface area contributed by atoms with E-state index in [-0.39, 0.29) is 5.95 Å². The van der Waals surface area contributed by atoms with Gasteiger partial charge in [-0.3, -0.25) is 5.10 Å². The summed E-state index contributed by atoms with van der Waals surface area (Å²) in [7, 11) is 0. The van der Waals surface area contributed by atoms with E-state index in [2.05, 4.69) is 25.5 Å². The third kappa shape index (κ3) is 3.59. The molecule has 0 aliphatic heterocycles. The highest BCUT2D eigenvalue weighted by Crippen LogP contribution is 2.32. The molecule has 0 bridgehead atoms. The van der Waals surface area contributed by atoms with Crippen LogP contribution in [-0.2, 0) is 0 Å². The Morgan fingerprint density at radius 2 is 1.93 bits per heavy atom. The van der Waals surface area contributed by atoms with Gasteiger partial charge in [-0.15, -0.1) is 0 Å². The summed E-state index contributed by atoms with van der Waals surface area (Å²) in [4.78, 5) is 8.22. The summed E-state index contributed by atoms with van der Waals surface area (Å²) >= 11 is 0. The molecule has 4 aromatic rings. The maximum atomic E-state index is 6.03. The monoisotopic (exact) mass is 361 g/mol. The average Bonchev–Trinajstić information content (AvgIpc) is 3.07. The van der Waals surface area contributed by atoms with Gasteiger partial charge in [-0.2, -0.15) is 5.10 Å². The van der Waals surface area contributed by atoms with Gasteiger partial charge in [-0.05, 0) is 30.3 Å². The maximum absolute atomic E-state index is 6.03. The van der Waals surface area contributed by atoms with E-state index in [1.165, 1.54) is 0 Å². The number of aromatic nitrogens is 4. The van der Waals surface area contributed by atoms with Crippen molar-refractivity contribution in [2.75, 3.05) is 29.9 Å². The number of aromatic amines is 1. The number of hydrogen-bond acceptors (Lipinski definition) is 7. The molecule has 0 saturated heterocycles. The van der Waals surface area contributed by atoms with Gasteiger partial charge in [0.15, 0.2) is 5.82 Å². The molecule has 2 heterocycles. The fraction of sp³-hybridized carbons (Fsp3) is 0.105. The Kier molecular flexibility index (Phi) is 4.44. The number of nitrogen functional groups attached to an aromatic ring is 2. The normalized spacial score (nSPS) is 10.8. The highest BCUT2D eigenvalue weighted by molar-refractivity contribution is 6.02. The number of benzene rings is 2. The summed E-state index contributed by atoms with van der Waals surface area (Å²) in [5.41, 5.74) is 15.0. The van der Waals surface area contributed by atoms with Gasteiger partial charge < -0.3 is 21.5 Å². The lowest BCUT2D eigenvalue weighted by atomic mass is 10.1. The van der Waals surface area contributed by atoms with Crippen LogP contribution in [0.2, 0.25) is 0 Å². The molecule has 0 amide bonds. The second-order valence-electron chi connectivity index (χ2n) is 5.94. The van der Waals surface area contributed by atoms with Gasteiger partial charge in [0, 0.05) is 24.0 Å². The predicted molar refractivity (Wildman–Crippen MR) is 106 cm³/mol. The largest absolute Gasteiger partial charge is 0.492 e. The van der Waals surface area contributed by atoms with E-state index in [9.17, 15) is 0 Å². The summed E-state index contributed by atoms with van der Waals surface area (Å²) in [6, 6.07) is 15.4. The van der Waals surface area contributed by atoms with Crippen LogP contribution in [0.25, 0.3) is 22.2 Å². The minimum atomic E-state index is 0.225. The first-order valence-electron chi connectivity index (χ1n) is 8.49. The molecule has 136 valence electrons. The highest BCUT2D eigenvalue weighted by atomic mass is 16.5. The van der Waals surface area contributed by atoms with Gasteiger partial charge >= 0.3 is 0 Å². The van der Waals surface area contributed by atoms with E-state index in [1.54, 1.807) is 12.3 Å². The zero-order chi connectivity index (χ0) is 18.6. The number of ether oxygens (including phenoxy) is 1. The number of rotatable bonds is 6. The van der Waals surface area contributed by atoms with E-state index in [0.29, 0.717) is 19.0 Å². The first-order chi connectivity index (χ1) is 13.2. The molecule has 0 unspecified atom stereocenters. The Morgan fingerprint density at radius 3 is 2.74 bits per heavy atom. The molecule has 27 heavy (non-hydrogen) atoms. The Balaban J connectivity index is 1.57. The molecule has 0 atom stereocenters. The number of para-hydroxylation sites is 1. The summed E-state index contributed by atoms with van der Waals surface area (Å²) < 4.78 is 5.73. The fourth-order valence-electron chi connectivity index (χ4n) is 2.88. The Labute approximate surface area is 155 Å². The van der Waals surface area contributed by atoms with Crippen molar-refractivity contribution < 1.29 is 4.74 Å². The molecule has 8 nitrogen and oxygen atoms in total. The zero-order valence-corrected chi connectivity index (χ0v) is 14.5. The number of fused-ring (bicyclic) bond motifs is 1. The minimum Gasteiger partial charge on any atom is -0.492 e. The van der Waals surface area contributed by atoms with Crippen molar-refractivity contribution in [1.29, 1.82) is 0 Å². The van der Waals surface area contributed by atoms with Crippen LogP contribution in [0.3, 0.4) is 0 Å². The third-order valence-corrected chi connectivity index (χ3v) is 4.09. The van der Waals surface area contributed by atoms with E-state index in [0.717, 1.165) is 33.6 Å². The predicted octanol–water partition coefficient (Wildman–Crippen LogP) is 2.68. The SMILES string of the molecule is Nc1nccc(-c2cc(NCCOc3ccccc3)c3c(N)n[nH]c3c2)n1. The lowest BCUT2D eigenvalue weighted by Gasteiger charge is -2.12. The van der Waals surface area contributed by atoms with Crippen LogP contribution in [0.5, 0.6) is 5.75 Å². The van der Waals surface area contributed by atoms with Crippen LogP contribution in [0.15, 0.2) is 54.7 Å². The maximum Gasteiger partial charge on any atom is 0.220 e. The minimum absolute atomic E-state index is 0.225. The van der Waals surface area contributed by atoms with Crippen molar-refractivity contribution in [3.8, 4) is 17.0 Å². The molecular formula is C19H19N7O. The van der Waals surface area contributed by atoms with E-state index >= 15 is 0 Å². The number of anilines is 3. The first kappa shape index (κ1) is 16.6. The highest BCUT2D eigenvalue weighted by Gasteiger charge is 2.12. The molecule has 8 heteroatoms. The van der Waals surface area contributed by atoms with Crippen LogP contribution in [-0.4, -0.2) is 33.3 Å². The van der Waals surface area contributed by atoms with Crippen molar-refractivity contribution in [3.05, 3.63) is 54.7 Å². The Bertz CT molecular complexity index is 1060. The zero-order valence-electron chi connectivity index (χ0n) is 14.5. The molecule has 0 fully saturated rings. The molecule has 4 rings (SSSR count). The molecule has 6 N–H and O–H groups in total. The van der Waals surface area contributed by atoms with Gasteiger partial charge in [0.05, 0.1) is 16.6 Å². The topological polar surface area (TPSA) is 128 Å². The molecule has 2 aromatic carbocycles. The van der Waals surface area contributed by atoms with Crippen LogP contribution in [0, 0.1) is 0 Å². The lowest BCUT2D eigenvalue weighted by molar-refractivity contribution is 0.333. The van der Waals surface area contributed by atoms with Gasteiger partial charge in [0.2, 0.25) is 5.95 Å². The van der Waals surface area contributed by atoms with Crippen molar-refractivity contribution in [3.63, 3.8) is 0 Å². The van der Waals surface area contributed by atoms with Crippen LogP contribution in [0.4, 0.5) is 17.5 Å². The molecule has 0 spiro atoms. The third-order valence-electron chi connectivity index (χ3n) is 4.09. The van der Waals surface area contributed by atoms with E-state index < -0.39 is 0 Å². The molecule has 0 radical (unpaired) electrons. The van der Waals surface area contributed by atoms with Gasteiger partial charge in [0.25, 0.3) is 0 Å². The summed E-state index contributed by atoms with van der Waals surface area (Å²) in [6.07, 6.45) is 1.63. The number of H-pyrrole nitrogens is 1. The van der Waals surface area contributed by atoms with Crippen molar-refractivity contribution in [2.45, 2.75) is 0 Å². The fourth-order valence-corrected chi connectivity index (χ4v) is 2.88. The van der Waals surface area contributed by atoms with Crippen molar-refractivity contribution in [2.24, 2.45) is 0 Å². The Hall–Kier alpha value is -3.81. The first-order valence-corrected chi connectivity index (χ1v) is 8.49. The standard InChI is InChI=1S/C19H19N7O/c20-18-17-15(22-8-9-27-13-4-2-1-3-5-13)10-12(11-16(17)25-26-18)14-6-7-23-19(21)24-14/h1-7,10-11,22H,8-9H2,(H3,20,25,26)(H2,21,23,24). The van der Waals surface area contributed by atoms with Crippen LogP contribution in [0.1, 0.15) is 0 Å². The van der Waals surface area contributed by atoms with Gasteiger partial charge in [-0.1, -0.05) is 18.2 Å². The molecular weight excluding hydrogens is 342 g/mol. The molecule has 0 saturated carbocycles. The second-order valence-corrected chi connectivity index (χ2v) is 5.94. The smallest absolute Gasteiger partial charge is 0.220 e. The average molecular weight is 361 g/mol. The van der Waals surface area contributed by atoms with Crippen LogP contribution < -0.4 is 21.5 Å². The van der Waals surface area contributed by atoms with E-state index in [1.807, 2.05) is 42.5 Å². The quantitative estimate of drug-likeness (QED) is 0.389. The number of nitrogens with zero attached hydrogens (tertiary/aromatic N) is 3. The molecule has 0 aliphatic rings. The van der Waals surface area contributed by atoms with Gasteiger partial charge in [0.1, 0.15) is 12.4 Å². The second kappa shape index (κ2) is 7.20. The number of nitrogens with one attached hydrogen (secondary N) is 2. The molecule has 0 aliphatic carbocycles. The summed E-state index contributed by atoms with van der Waals surface area (Å²) in [5, 5.41) is 11.3. The lowest BCUT2D eigenvalue weighted by Crippen LogP contribution is -2.12. The van der Waals surface area contributed by atoms with E-state index in [4.69, 9.17) is 16.2 Å². The van der Waals surface area contributed by atoms with Crippen molar-refractivity contribution >= 4 is 28.4 Å². The molecule has 2 aromatic heterocycles. The number of hydrogen-bond donors (Lipinski definition) is 4. The number of nitrogens with two attached hydrogens (primary N) is 2. The van der Waals surface area contributed by atoms with Crippen molar-refractivity contribution in [1.82, 2.24) is 20.2 Å². The Morgan fingerprint density at radius 1 is 1.07 bits per heavy atom. The van der Waals surface area contributed by atoms with Crippen LogP contribution >= 0.6 is 0 Å². The summed E-state index contributed by atoms with van der Waals surface area (Å²) in [5.74, 6) is 1.49.